The lowest BCUT2D eigenvalue weighted by molar-refractivity contribution is 0.898. The van der Waals surface area contributed by atoms with Crippen LogP contribution in [-0.4, -0.2) is 33.6 Å². The fourth-order valence-electron chi connectivity index (χ4n) is 2.43. The number of rotatable bonds is 2. The first kappa shape index (κ1) is 15.5. The molecule has 0 amide bonds. The highest BCUT2D eigenvalue weighted by Crippen LogP contribution is 2.29. The van der Waals surface area contributed by atoms with Crippen LogP contribution >= 0.6 is 0 Å². The van der Waals surface area contributed by atoms with E-state index in [2.05, 4.69) is 33.7 Å². The Balaban J connectivity index is 0.000000497. The van der Waals surface area contributed by atoms with Gasteiger partial charge in [0.15, 0.2) is 5.82 Å². The zero-order valence-corrected chi connectivity index (χ0v) is 13.7. The molecule has 0 fully saturated rings. The largest absolute Gasteiger partial charge is 0.362 e. The van der Waals surface area contributed by atoms with Crippen LogP contribution in [0.4, 0.5) is 5.82 Å². The summed E-state index contributed by atoms with van der Waals surface area (Å²) in [5, 5.41) is 0. The van der Waals surface area contributed by atoms with Crippen LogP contribution in [-0.2, 0) is 19.9 Å². The Labute approximate surface area is 127 Å². The third-order valence-electron chi connectivity index (χ3n) is 3.27. The van der Waals surface area contributed by atoms with E-state index >= 15 is 0 Å². The van der Waals surface area contributed by atoms with Crippen LogP contribution in [0.2, 0.25) is 0 Å². The van der Waals surface area contributed by atoms with Gasteiger partial charge in [0.1, 0.15) is 11.5 Å². The van der Waals surface area contributed by atoms with Gasteiger partial charge in [-0.1, -0.05) is 20.3 Å². The molecule has 1 aliphatic carbocycles. The summed E-state index contributed by atoms with van der Waals surface area (Å²) in [6.45, 7) is 4.25. The Morgan fingerprint density at radius 2 is 1.90 bits per heavy atom. The molecule has 0 saturated heterocycles. The molecule has 0 saturated carbocycles. The maximum Gasteiger partial charge on any atom is 0.182 e. The molecule has 5 heteroatoms. The van der Waals surface area contributed by atoms with Gasteiger partial charge in [0.05, 0.1) is 6.33 Å². The first-order chi connectivity index (χ1) is 10.1. The van der Waals surface area contributed by atoms with Crippen molar-refractivity contribution in [3.63, 3.8) is 0 Å². The summed E-state index contributed by atoms with van der Waals surface area (Å²) >= 11 is 0. The fraction of sp³-hybridized carbons (Fsp3) is 0.562. The van der Waals surface area contributed by atoms with E-state index in [1.165, 1.54) is 24.1 Å². The number of anilines is 1. The molecule has 0 atom stereocenters. The summed E-state index contributed by atoms with van der Waals surface area (Å²) in [6, 6.07) is 0. The maximum atomic E-state index is 4.67. The van der Waals surface area contributed by atoms with E-state index in [1.807, 2.05) is 31.9 Å². The quantitative estimate of drug-likeness (QED) is 0.852. The van der Waals surface area contributed by atoms with Crippen LogP contribution in [0, 0.1) is 0 Å². The minimum atomic E-state index is 0.736. The summed E-state index contributed by atoms with van der Waals surface area (Å²) in [6.07, 6.45) is 8.30. The molecule has 0 bridgehead atoms. The molecule has 5 nitrogen and oxygen atoms in total. The molecule has 2 aromatic rings. The van der Waals surface area contributed by atoms with Crippen LogP contribution in [0.1, 0.15) is 37.9 Å². The molecule has 0 unspecified atom stereocenters. The Bertz CT molecular complexity index is 601. The smallest absolute Gasteiger partial charge is 0.182 e. The van der Waals surface area contributed by atoms with Crippen molar-refractivity contribution in [2.45, 2.75) is 39.5 Å². The lowest BCUT2D eigenvalue weighted by atomic mass is 10.2. The molecule has 0 aliphatic heterocycles. The predicted octanol–water partition coefficient (Wildman–Crippen LogP) is 2.85. The van der Waals surface area contributed by atoms with Crippen LogP contribution in [0.3, 0.4) is 0 Å². The Morgan fingerprint density at radius 1 is 1.19 bits per heavy atom. The van der Waals surface area contributed by atoms with E-state index in [4.69, 9.17) is 0 Å². The average molecular weight is 287 g/mol. The second kappa shape index (κ2) is 6.70. The predicted molar refractivity (Wildman–Crippen MR) is 86.6 cm³/mol. The minimum Gasteiger partial charge on any atom is -0.362 e. The topological polar surface area (TPSA) is 46.8 Å². The maximum absolute atomic E-state index is 4.67. The second-order valence-electron chi connectivity index (χ2n) is 5.68. The molecule has 3 rings (SSSR count). The number of hydrogen-bond donors (Lipinski definition) is 0. The van der Waals surface area contributed by atoms with Gasteiger partial charge in [-0.15, -0.1) is 0 Å². The van der Waals surface area contributed by atoms with Gasteiger partial charge < -0.3 is 9.47 Å². The van der Waals surface area contributed by atoms with Gasteiger partial charge in [0.25, 0.3) is 0 Å². The van der Waals surface area contributed by atoms with Gasteiger partial charge in [-0.25, -0.2) is 15.0 Å². The van der Waals surface area contributed by atoms with Gasteiger partial charge in [-0.2, -0.15) is 0 Å². The lowest BCUT2D eigenvalue weighted by Gasteiger charge is -2.16. The summed E-state index contributed by atoms with van der Waals surface area (Å²) in [7, 11) is 6.02. The summed E-state index contributed by atoms with van der Waals surface area (Å²) in [4.78, 5) is 15.7. The van der Waals surface area contributed by atoms with Gasteiger partial charge in [-0.3, -0.25) is 0 Å². The third-order valence-corrected chi connectivity index (χ3v) is 3.27. The molecule has 114 valence electrons. The number of imidazole rings is 1. The van der Waals surface area contributed by atoms with Crippen LogP contribution in [0.5, 0.6) is 0 Å². The van der Waals surface area contributed by atoms with Crippen molar-refractivity contribution in [3.8, 4) is 11.5 Å². The van der Waals surface area contributed by atoms with Gasteiger partial charge in [0, 0.05) is 38.6 Å². The highest BCUT2D eigenvalue weighted by atomic mass is 15.2. The van der Waals surface area contributed by atoms with Gasteiger partial charge >= 0.3 is 0 Å². The normalized spacial score (nSPS) is 12.6. The Hall–Kier alpha value is -1.91. The number of aryl methyl sites for hydroxylation is 2. The zero-order valence-electron chi connectivity index (χ0n) is 13.7. The van der Waals surface area contributed by atoms with E-state index < -0.39 is 0 Å². The molecule has 0 radical (unpaired) electrons. The van der Waals surface area contributed by atoms with Crippen LogP contribution in [0.25, 0.3) is 11.5 Å². The number of hydrogen-bond acceptors (Lipinski definition) is 4. The van der Waals surface area contributed by atoms with Crippen molar-refractivity contribution in [1.29, 1.82) is 0 Å². The van der Waals surface area contributed by atoms with Crippen molar-refractivity contribution >= 4 is 5.82 Å². The van der Waals surface area contributed by atoms with Crippen LogP contribution in [0.15, 0.2) is 12.5 Å². The fourth-order valence-corrected chi connectivity index (χ4v) is 2.43. The lowest BCUT2D eigenvalue weighted by Crippen LogP contribution is -2.15. The monoisotopic (exact) mass is 287 g/mol. The van der Waals surface area contributed by atoms with Crippen molar-refractivity contribution in [1.82, 2.24) is 19.5 Å². The van der Waals surface area contributed by atoms with Crippen molar-refractivity contribution in [2.75, 3.05) is 19.0 Å². The molecule has 21 heavy (non-hydrogen) atoms. The molecular formula is C16H25N5. The number of nitrogens with zero attached hydrogens (tertiary/aromatic N) is 5. The summed E-state index contributed by atoms with van der Waals surface area (Å²) in [5.41, 5.74) is 3.34. The standard InChI is InChI=1S/C13H17N5.C3H8/c1-17(2)13-9-5-4-6-10(9)15-12(16-13)11-7-18(3)8-14-11;1-3-2/h7-8H,4-6H2,1-3H3;3H2,1-2H3. The highest BCUT2D eigenvalue weighted by molar-refractivity contribution is 5.57. The summed E-state index contributed by atoms with van der Waals surface area (Å²) in [5.74, 6) is 1.78. The molecule has 0 spiro atoms. The van der Waals surface area contributed by atoms with E-state index in [1.54, 1.807) is 6.33 Å². The first-order valence-corrected chi connectivity index (χ1v) is 7.62. The molecule has 2 aromatic heterocycles. The molecule has 1 aliphatic rings. The van der Waals surface area contributed by atoms with E-state index in [9.17, 15) is 0 Å². The number of aromatic nitrogens is 4. The molecule has 0 aromatic carbocycles. The zero-order chi connectivity index (χ0) is 15.4. The van der Waals surface area contributed by atoms with E-state index in [0.29, 0.717) is 0 Å². The van der Waals surface area contributed by atoms with E-state index in [-0.39, 0.29) is 0 Å². The molecule has 2 heterocycles. The van der Waals surface area contributed by atoms with Crippen molar-refractivity contribution < 1.29 is 0 Å². The highest BCUT2D eigenvalue weighted by Gasteiger charge is 2.21. The van der Waals surface area contributed by atoms with Gasteiger partial charge in [-0.05, 0) is 19.3 Å². The minimum absolute atomic E-state index is 0.736. The average Bonchev–Trinajstić information content (AvgIpc) is 3.06. The number of fused-ring (bicyclic) bond motifs is 1. The van der Waals surface area contributed by atoms with Crippen LogP contribution < -0.4 is 4.90 Å². The van der Waals surface area contributed by atoms with Crippen molar-refractivity contribution in [3.05, 3.63) is 23.8 Å². The van der Waals surface area contributed by atoms with Crippen molar-refractivity contribution in [2.24, 2.45) is 7.05 Å². The Morgan fingerprint density at radius 3 is 2.48 bits per heavy atom. The summed E-state index contributed by atoms with van der Waals surface area (Å²) < 4.78 is 1.92. The molecule has 0 N–H and O–H groups in total. The second-order valence-corrected chi connectivity index (χ2v) is 5.68. The van der Waals surface area contributed by atoms with E-state index in [0.717, 1.165) is 30.2 Å². The van der Waals surface area contributed by atoms with Gasteiger partial charge in [0.2, 0.25) is 0 Å². The third kappa shape index (κ3) is 3.40. The first-order valence-electron chi connectivity index (χ1n) is 7.62. The Kier molecular flexibility index (Phi) is 4.94. The SMILES string of the molecule is CCC.CN(C)c1nc(-c2cn(C)cn2)nc2c1CCC2. The molecular weight excluding hydrogens is 262 g/mol.